The number of fused-ring (bicyclic) bond motifs is 2. The molecule has 2 aliphatic rings. The second-order valence-corrected chi connectivity index (χ2v) is 6.79. The minimum Gasteiger partial charge on any atom is -0.347 e. The van der Waals surface area contributed by atoms with E-state index in [4.69, 9.17) is 0 Å². The number of carbonyl (C=O) groups is 3. The number of ketones is 1. The van der Waals surface area contributed by atoms with Gasteiger partial charge in [0.05, 0.1) is 6.54 Å². The molecular formula is C18H20F2N2O3. The summed E-state index contributed by atoms with van der Waals surface area (Å²) in [6.07, 6.45) is 3.81. The van der Waals surface area contributed by atoms with E-state index in [0.717, 1.165) is 31.4 Å². The lowest BCUT2D eigenvalue weighted by atomic mass is 9.67. The van der Waals surface area contributed by atoms with Gasteiger partial charge in [-0.15, -0.1) is 0 Å². The molecule has 0 aliphatic heterocycles. The molecule has 2 unspecified atom stereocenters. The molecule has 3 rings (SSSR count). The van der Waals surface area contributed by atoms with Crippen molar-refractivity contribution in [2.45, 2.75) is 32.1 Å². The van der Waals surface area contributed by atoms with Crippen LogP contribution in [0.5, 0.6) is 0 Å². The molecule has 25 heavy (non-hydrogen) atoms. The van der Waals surface area contributed by atoms with Crippen molar-refractivity contribution >= 4 is 23.3 Å². The fraction of sp³-hybridized carbons (Fsp3) is 0.500. The van der Waals surface area contributed by atoms with Crippen molar-refractivity contribution in [1.82, 2.24) is 5.32 Å². The minimum atomic E-state index is -1.06. The maximum absolute atomic E-state index is 13.1. The molecule has 2 aliphatic carbocycles. The van der Waals surface area contributed by atoms with Crippen molar-refractivity contribution in [1.29, 1.82) is 0 Å². The van der Waals surface area contributed by atoms with Crippen LogP contribution in [0, 0.1) is 29.4 Å². The lowest BCUT2D eigenvalue weighted by Crippen LogP contribution is -2.44. The summed E-state index contributed by atoms with van der Waals surface area (Å²) in [4.78, 5) is 36.2. The van der Waals surface area contributed by atoms with Crippen molar-refractivity contribution in [3.8, 4) is 0 Å². The SMILES string of the molecule is O=C(CNC(=O)C1CC2CCCC(C1)C2=O)Nc1ccc(F)c(F)c1. The molecule has 134 valence electrons. The molecule has 2 saturated carbocycles. The van der Waals surface area contributed by atoms with E-state index in [1.807, 2.05) is 0 Å². The second-order valence-electron chi connectivity index (χ2n) is 6.79. The van der Waals surface area contributed by atoms with Gasteiger partial charge in [-0.2, -0.15) is 0 Å². The largest absolute Gasteiger partial charge is 0.347 e. The predicted octanol–water partition coefficient (Wildman–Crippen LogP) is 2.41. The van der Waals surface area contributed by atoms with Crippen LogP contribution in [0.2, 0.25) is 0 Å². The van der Waals surface area contributed by atoms with Crippen molar-refractivity contribution in [2.75, 3.05) is 11.9 Å². The van der Waals surface area contributed by atoms with E-state index >= 15 is 0 Å². The molecule has 0 heterocycles. The first kappa shape index (κ1) is 17.5. The lowest BCUT2D eigenvalue weighted by Gasteiger charge is -2.36. The van der Waals surface area contributed by atoms with Crippen molar-refractivity contribution < 1.29 is 23.2 Å². The van der Waals surface area contributed by atoms with E-state index in [2.05, 4.69) is 10.6 Å². The van der Waals surface area contributed by atoms with Gasteiger partial charge in [0.1, 0.15) is 5.78 Å². The van der Waals surface area contributed by atoms with E-state index in [9.17, 15) is 23.2 Å². The summed E-state index contributed by atoms with van der Waals surface area (Å²) in [5.74, 6) is -2.82. The first-order chi connectivity index (χ1) is 11.9. The lowest BCUT2D eigenvalue weighted by molar-refractivity contribution is -0.138. The van der Waals surface area contributed by atoms with E-state index in [0.29, 0.717) is 12.8 Å². The number of nitrogens with one attached hydrogen (secondary N) is 2. The van der Waals surface area contributed by atoms with Gasteiger partial charge >= 0.3 is 0 Å². The van der Waals surface area contributed by atoms with Crippen LogP contribution in [-0.2, 0) is 14.4 Å². The molecule has 0 saturated heterocycles. The number of halogens is 2. The van der Waals surface area contributed by atoms with E-state index in [1.54, 1.807) is 0 Å². The number of rotatable bonds is 4. The minimum absolute atomic E-state index is 0.0285. The van der Waals surface area contributed by atoms with Crippen LogP contribution in [0.3, 0.4) is 0 Å². The monoisotopic (exact) mass is 350 g/mol. The van der Waals surface area contributed by atoms with Gasteiger partial charge in [-0.25, -0.2) is 8.78 Å². The highest BCUT2D eigenvalue weighted by atomic mass is 19.2. The summed E-state index contributed by atoms with van der Waals surface area (Å²) in [7, 11) is 0. The summed E-state index contributed by atoms with van der Waals surface area (Å²) >= 11 is 0. The molecule has 1 aromatic carbocycles. The number of amides is 2. The molecule has 1 aromatic rings. The maximum Gasteiger partial charge on any atom is 0.243 e. The van der Waals surface area contributed by atoms with Gasteiger partial charge in [-0.3, -0.25) is 14.4 Å². The molecule has 0 radical (unpaired) electrons. The van der Waals surface area contributed by atoms with Crippen LogP contribution in [0.4, 0.5) is 14.5 Å². The van der Waals surface area contributed by atoms with Gasteiger partial charge in [0, 0.05) is 29.5 Å². The van der Waals surface area contributed by atoms with Crippen LogP contribution in [-0.4, -0.2) is 24.1 Å². The van der Waals surface area contributed by atoms with Gasteiger partial charge in [-0.05, 0) is 37.8 Å². The zero-order valence-corrected chi connectivity index (χ0v) is 13.7. The van der Waals surface area contributed by atoms with Crippen LogP contribution in [0.1, 0.15) is 32.1 Å². The fourth-order valence-corrected chi connectivity index (χ4v) is 3.78. The summed E-state index contributed by atoms with van der Waals surface area (Å²) in [6, 6.07) is 3.04. The Morgan fingerprint density at radius 3 is 2.40 bits per heavy atom. The highest BCUT2D eigenvalue weighted by Crippen LogP contribution is 2.40. The van der Waals surface area contributed by atoms with Gasteiger partial charge in [0.25, 0.3) is 0 Å². The average Bonchev–Trinajstić information content (AvgIpc) is 2.56. The molecule has 2 bridgehead atoms. The van der Waals surface area contributed by atoms with Crippen LogP contribution in [0.15, 0.2) is 18.2 Å². The molecule has 2 atom stereocenters. The third-order valence-electron chi connectivity index (χ3n) is 5.05. The Hall–Kier alpha value is -2.31. The molecule has 2 N–H and O–H groups in total. The molecule has 7 heteroatoms. The third-order valence-corrected chi connectivity index (χ3v) is 5.05. The molecule has 0 aromatic heterocycles. The van der Waals surface area contributed by atoms with E-state index in [-0.39, 0.29) is 41.7 Å². The number of benzene rings is 1. The zero-order chi connectivity index (χ0) is 18.0. The van der Waals surface area contributed by atoms with Crippen molar-refractivity contribution in [2.24, 2.45) is 17.8 Å². The Morgan fingerprint density at radius 2 is 1.76 bits per heavy atom. The highest BCUT2D eigenvalue weighted by Gasteiger charge is 2.41. The van der Waals surface area contributed by atoms with Crippen molar-refractivity contribution in [3.05, 3.63) is 29.8 Å². The first-order valence-corrected chi connectivity index (χ1v) is 8.50. The van der Waals surface area contributed by atoms with Gasteiger partial charge in [-0.1, -0.05) is 6.42 Å². The third kappa shape index (κ3) is 4.03. The smallest absolute Gasteiger partial charge is 0.243 e. The van der Waals surface area contributed by atoms with Gasteiger partial charge in [0.15, 0.2) is 11.6 Å². The number of carbonyl (C=O) groups excluding carboxylic acids is 3. The van der Waals surface area contributed by atoms with E-state index in [1.165, 1.54) is 6.07 Å². The Balaban J connectivity index is 1.49. The fourth-order valence-electron chi connectivity index (χ4n) is 3.78. The van der Waals surface area contributed by atoms with Gasteiger partial charge < -0.3 is 10.6 Å². The topological polar surface area (TPSA) is 75.3 Å². The maximum atomic E-state index is 13.1. The number of hydrogen-bond donors (Lipinski definition) is 2. The van der Waals surface area contributed by atoms with Crippen LogP contribution < -0.4 is 10.6 Å². The molecule has 5 nitrogen and oxygen atoms in total. The van der Waals surface area contributed by atoms with Crippen molar-refractivity contribution in [3.63, 3.8) is 0 Å². The number of anilines is 1. The van der Waals surface area contributed by atoms with Crippen LogP contribution >= 0.6 is 0 Å². The Morgan fingerprint density at radius 1 is 1.08 bits per heavy atom. The summed E-state index contributed by atoms with van der Waals surface area (Å²) in [6.45, 7) is -0.252. The number of Topliss-reactive ketones (excluding diaryl/α,β-unsaturated/α-hetero) is 1. The summed E-state index contributed by atoms with van der Waals surface area (Å²) in [5.41, 5.74) is 0.121. The average molecular weight is 350 g/mol. The normalized spacial score (nSPS) is 25.4. The summed E-state index contributed by atoms with van der Waals surface area (Å²) in [5, 5.41) is 4.97. The van der Waals surface area contributed by atoms with Gasteiger partial charge in [0.2, 0.25) is 11.8 Å². The Kier molecular flexibility index (Phi) is 5.11. The summed E-state index contributed by atoms with van der Waals surface area (Å²) < 4.78 is 26.0. The van der Waals surface area contributed by atoms with Crippen LogP contribution in [0.25, 0.3) is 0 Å². The number of hydrogen-bond acceptors (Lipinski definition) is 3. The van der Waals surface area contributed by atoms with E-state index < -0.39 is 17.5 Å². The Labute approximate surface area is 144 Å². The highest BCUT2D eigenvalue weighted by molar-refractivity contribution is 5.95. The molecule has 2 fully saturated rings. The second kappa shape index (κ2) is 7.29. The molecule has 2 amide bonds. The standard InChI is InChI=1S/C18H20F2N2O3/c19-14-5-4-13(8-15(14)20)22-16(23)9-21-18(25)12-6-10-2-1-3-11(7-12)17(10)24/h4-5,8,10-12H,1-3,6-7,9H2,(H,21,25)(H,22,23). The molecule has 0 spiro atoms. The first-order valence-electron chi connectivity index (χ1n) is 8.50. The quantitative estimate of drug-likeness (QED) is 0.876. The Bertz CT molecular complexity index is 692. The zero-order valence-electron chi connectivity index (χ0n) is 13.7. The molecular weight excluding hydrogens is 330 g/mol. The predicted molar refractivity (Wildman–Crippen MR) is 86.6 cm³/mol.